The number of fused-ring (bicyclic) bond motifs is 1. The van der Waals surface area contributed by atoms with E-state index >= 15 is 0 Å². The molecule has 2 rings (SSSR count). The minimum atomic E-state index is 0.383. The molecule has 4 nitrogen and oxygen atoms in total. The van der Waals surface area contributed by atoms with Crippen LogP contribution in [0.4, 0.5) is 5.69 Å². The van der Waals surface area contributed by atoms with Crippen LogP contribution in [0, 0.1) is 0 Å². The van der Waals surface area contributed by atoms with Crippen molar-refractivity contribution in [2.75, 3.05) is 5.73 Å². The van der Waals surface area contributed by atoms with Crippen LogP contribution >= 0.6 is 0 Å². The minimum absolute atomic E-state index is 0.383. The Kier molecular flexibility index (Phi) is 2.02. The second kappa shape index (κ2) is 3.33. The van der Waals surface area contributed by atoms with Gasteiger partial charge in [-0.1, -0.05) is 0 Å². The van der Waals surface area contributed by atoms with Crippen molar-refractivity contribution >= 4 is 23.1 Å². The number of nitrogens with zero attached hydrogens (tertiary/aromatic N) is 1. The van der Waals surface area contributed by atoms with E-state index in [4.69, 9.17) is 10.5 Å². The second-order valence-electron chi connectivity index (χ2n) is 2.79. The third-order valence-corrected chi connectivity index (χ3v) is 1.93. The summed E-state index contributed by atoms with van der Waals surface area (Å²) in [6, 6.07) is 6.81. The van der Waals surface area contributed by atoms with Gasteiger partial charge < -0.3 is 10.5 Å². The highest BCUT2D eigenvalue weighted by Crippen LogP contribution is 2.23. The van der Waals surface area contributed by atoms with Crippen molar-refractivity contribution in [2.24, 2.45) is 0 Å². The van der Waals surface area contributed by atoms with Crippen LogP contribution in [0.3, 0.4) is 0 Å². The summed E-state index contributed by atoms with van der Waals surface area (Å²) in [7, 11) is 0. The van der Waals surface area contributed by atoms with E-state index in [1.165, 1.54) is 0 Å². The van der Waals surface area contributed by atoms with Gasteiger partial charge in [-0.15, -0.1) is 0 Å². The van der Waals surface area contributed by atoms with Gasteiger partial charge in [0.2, 0.25) is 0 Å². The summed E-state index contributed by atoms with van der Waals surface area (Å²) >= 11 is 0. The number of rotatable bonds is 2. The van der Waals surface area contributed by atoms with Gasteiger partial charge in [-0.25, -0.2) is 0 Å². The maximum atomic E-state index is 10.1. The smallest absolute Gasteiger partial charge is 0.298 e. The number of benzene rings is 1. The average molecular weight is 188 g/mol. The zero-order valence-electron chi connectivity index (χ0n) is 7.31. The third-order valence-electron chi connectivity index (χ3n) is 1.93. The lowest BCUT2D eigenvalue weighted by Crippen LogP contribution is -1.91. The standard InChI is InChI=1S/C10H8N2O2/c11-9-3-4-12-10-2-1-7(14-6-13)5-8(9)10/h1-6H,(H2,11,12). The van der Waals surface area contributed by atoms with Gasteiger partial charge in [0.15, 0.2) is 0 Å². The normalized spacial score (nSPS) is 10.0. The number of ether oxygens (including phenoxy) is 1. The first kappa shape index (κ1) is 8.50. The summed E-state index contributed by atoms with van der Waals surface area (Å²) < 4.78 is 4.71. The Labute approximate surface area is 80.3 Å². The van der Waals surface area contributed by atoms with Crippen LogP contribution in [-0.4, -0.2) is 11.5 Å². The number of aromatic nitrogens is 1. The molecule has 4 heteroatoms. The summed E-state index contributed by atoms with van der Waals surface area (Å²) in [5.41, 5.74) is 7.14. The molecule has 70 valence electrons. The maximum Gasteiger partial charge on any atom is 0.298 e. The monoisotopic (exact) mass is 188 g/mol. The van der Waals surface area contributed by atoms with E-state index in [-0.39, 0.29) is 0 Å². The fourth-order valence-corrected chi connectivity index (χ4v) is 1.28. The zero-order valence-corrected chi connectivity index (χ0v) is 7.31. The molecule has 2 N–H and O–H groups in total. The fourth-order valence-electron chi connectivity index (χ4n) is 1.28. The van der Waals surface area contributed by atoms with Gasteiger partial charge in [-0.3, -0.25) is 9.78 Å². The Morgan fingerprint density at radius 3 is 3.00 bits per heavy atom. The molecule has 0 atom stereocenters. The van der Waals surface area contributed by atoms with Gasteiger partial charge in [0.25, 0.3) is 6.47 Å². The first-order valence-corrected chi connectivity index (χ1v) is 4.06. The molecule has 0 fully saturated rings. The van der Waals surface area contributed by atoms with Crippen LogP contribution in [-0.2, 0) is 4.79 Å². The number of nitrogens with two attached hydrogens (primary N) is 1. The first-order valence-electron chi connectivity index (χ1n) is 4.06. The van der Waals surface area contributed by atoms with Crippen molar-refractivity contribution in [3.05, 3.63) is 30.5 Å². The van der Waals surface area contributed by atoms with Crippen LogP contribution in [0.25, 0.3) is 10.9 Å². The minimum Gasteiger partial charge on any atom is -0.429 e. The van der Waals surface area contributed by atoms with Crippen molar-refractivity contribution in [2.45, 2.75) is 0 Å². The molecule has 0 unspecified atom stereocenters. The van der Waals surface area contributed by atoms with Crippen molar-refractivity contribution < 1.29 is 9.53 Å². The summed E-state index contributed by atoms with van der Waals surface area (Å²) in [6.07, 6.45) is 1.64. The number of pyridine rings is 1. The molecule has 0 aliphatic heterocycles. The molecule has 0 aliphatic carbocycles. The van der Waals surface area contributed by atoms with Crippen LogP contribution in [0.1, 0.15) is 0 Å². The molecule has 0 spiro atoms. The Morgan fingerprint density at radius 1 is 1.36 bits per heavy atom. The fraction of sp³-hybridized carbons (Fsp3) is 0. The molecule has 1 heterocycles. The number of nitrogen functional groups attached to an aromatic ring is 1. The van der Waals surface area contributed by atoms with Gasteiger partial charge in [0, 0.05) is 17.3 Å². The summed E-state index contributed by atoms with van der Waals surface area (Å²) in [5, 5.41) is 0.784. The molecule has 0 amide bonds. The first-order chi connectivity index (χ1) is 6.81. The number of carbonyl (C=O) groups excluding carboxylic acids is 1. The van der Waals surface area contributed by atoms with Crippen LogP contribution in [0.2, 0.25) is 0 Å². The predicted molar refractivity (Wildman–Crippen MR) is 52.8 cm³/mol. The second-order valence-corrected chi connectivity index (χ2v) is 2.79. The van der Waals surface area contributed by atoms with E-state index < -0.39 is 0 Å². The van der Waals surface area contributed by atoms with E-state index in [0.717, 1.165) is 10.9 Å². The topological polar surface area (TPSA) is 65.2 Å². The molecular weight excluding hydrogens is 180 g/mol. The van der Waals surface area contributed by atoms with Crippen LogP contribution in [0.15, 0.2) is 30.5 Å². The lowest BCUT2D eigenvalue weighted by Gasteiger charge is -2.02. The summed E-state index contributed by atoms with van der Waals surface area (Å²) in [6.45, 7) is 0.383. The lowest BCUT2D eigenvalue weighted by atomic mass is 10.2. The average Bonchev–Trinajstić information content (AvgIpc) is 2.20. The van der Waals surface area contributed by atoms with E-state index in [2.05, 4.69) is 4.98 Å². The number of anilines is 1. The largest absolute Gasteiger partial charge is 0.429 e. The number of hydrogen-bond donors (Lipinski definition) is 1. The Hall–Kier alpha value is -2.10. The van der Waals surface area contributed by atoms with Crippen molar-refractivity contribution in [3.63, 3.8) is 0 Å². The Balaban J connectivity index is 2.63. The Bertz CT molecular complexity index is 483. The van der Waals surface area contributed by atoms with Gasteiger partial charge >= 0.3 is 0 Å². The zero-order chi connectivity index (χ0) is 9.97. The van der Waals surface area contributed by atoms with Crippen molar-refractivity contribution in [1.29, 1.82) is 0 Å². The highest BCUT2D eigenvalue weighted by Gasteiger charge is 2.00. The molecular formula is C10H8N2O2. The SMILES string of the molecule is Nc1ccnc2ccc(OC=O)cc12. The highest BCUT2D eigenvalue weighted by molar-refractivity contribution is 5.90. The summed E-state index contributed by atoms with van der Waals surface area (Å²) in [5.74, 6) is 0.465. The molecule has 1 aromatic carbocycles. The maximum absolute atomic E-state index is 10.1. The number of hydrogen-bond acceptors (Lipinski definition) is 4. The molecule has 14 heavy (non-hydrogen) atoms. The van der Waals surface area contributed by atoms with E-state index in [0.29, 0.717) is 17.9 Å². The van der Waals surface area contributed by atoms with Crippen LogP contribution < -0.4 is 10.5 Å². The Morgan fingerprint density at radius 2 is 2.21 bits per heavy atom. The molecule has 0 saturated heterocycles. The van der Waals surface area contributed by atoms with Gasteiger partial charge in [-0.2, -0.15) is 0 Å². The van der Waals surface area contributed by atoms with Gasteiger partial charge in [0.1, 0.15) is 5.75 Å². The third kappa shape index (κ3) is 1.37. The van der Waals surface area contributed by atoms with Crippen molar-refractivity contribution in [3.8, 4) is 5.75 Å². The van der Waals surface area contributed by atoms with E-state index in [1.54, 1.807) is 30.5 Å². The lowest BCUT2D eigenvalue weighted by molar-refractivity contribution is -0.120. The molecule has 2 aromatic rings. The highest BCUT2D eigenvalue weighted by atomic mass is 16.5. The molecule has 0 radical (unpaired) electrons. The van der Waals surface area contributed by atoms with E-state index in [1.807, 2.05) is 0 Å². The quantitative estimate of drug-likeness (QED) is 0.722. The molecule has 1 aromatic heterocycles. The molecule has 0 bridgehead atoms. The van der Waals surface area contributed by atoms with Gasteiger partial charge in [0.05, 0.1) is 5.52 Å². The van der Waals surface area contributed by atoms with E-state index in [9.17, 15) is 4.79 Å². The van der Waals surface area contributed by atoms with Crippen molar-refractivity contribution in [1.82, 2.24) is 4.98 Å². The number of carbonyl (C=O) groups is 1. The summed E-state index contributed by atoms with van der Waals surface area (Å²) in [4.78, 5) is 14.2. The van der Waals surface area contributed by atoms with Gasteiger partial charge in [-0.05, 0) is 24.3 Å². The predicted octanol–water partition coefficient (Wildman–Crippen LogP) is 1.35. The molecule has 0 aliphatic rings. The molecule has 0 saturated carbocycles. The van der Waals surface area contributed by atoms with Crippen LogP contribution in [0.5, 0.6) is 5.75 Å².